The number of amides is 1. The number of para-hydroxylation sites is 1. The second kappa shape index (κ2) is 7.63. The van der Waals surface area contributed by atoms with Crippen LogP contribution in [0.2, 0.25) is 0 Å². The zero-order valence-corrected chi connectivity index (χ0v) is 13.7. The number of nitrogens with one attached hydrogen (secondary N) is 3. The fourth-order valence-electron chi connectivity index (χ4n) is 2.85. The number of carbonyl (C=O) groups is 1. The highest BCUT2D eigenvalue weighted by Gasteiger charge is 2.24. The quantitative estimate of drug-likeness (QED) is 0.569. The number of benzene rings is 1. The Morgan fingerprint density at radius 1 is 1.42 bits per heavy atom. The molecule has 0 radical (unpaired) electrons. The van der Waals surface area contributed by atoms with Crippen molar-refractivity contribution in [3.63, 3.8) is 0 Å². The first-order chi connectivity index (χ1) is 11.8. The molecule has 1 amide bonds. The third kappa shape index (κ3) is 3.92. The van der Waals surface area contributed by atoms with Crippen LogP contribution in [0.15, 0.2) is 48.0 Å². The van der Waals surface area contributed by atoms with Crippen molar-refractivity contribution in [2.45, 2.75) is 18.9 Å². The lowest BCUT2D eigenvalue weighted by molar-refractivity contribution is -0.116. The molecule has 2 aromatic rings. The summed E-state index contributed by atoms with van der Waals surface area (Å²) in [5, 5.41) is 9.51. The molecule has 1 unspecified atom stereocenters. The Balaban J connectivity index is 1.53. The Morgan fingerprint density at radius 2 is 2.29 bits per heavy atom. The van der Waals surface area contributed by atoms with Gasteiger partial charge >= 0.3 is 0 Å². The summed E-state index contributed by atoms with van der Waals surface area (Å²) in [6.45, 7) is 2.22. The van der Waals surface area contributed by atoms with Crippen molar-refractivity contribution in [3.05, 3.63) is 48.5 Å². The van der Waals surface area contributed by atoms with Crippen LogP contribution in [-0.2, 0) is 11.3 Å². The summed E-state index contributed by atoms with van der Waals surface area (Å²) >= 11 is 0. The molecule has 0 bridgehead atoms. The van der Waals surface area contributed by atoms with Gasteiger partial charge in [0.15, 0.2) is 5.96 Å². The summed E-state index contributed by atoms with van der Waals surface area (Å²) in [5.41, 5.74) is 2.07. The molecule has 1 aliphatic heterocycles. The summed E-state index contributed by atoms with van der Waals surface area (Å²) in [5.74, 6) is 0.935. The van der Waals surface area contributed by atoms with Gasteiger partial charge in [0.2, 0.25) is 5.91 Å². The number of aromatic nitrogens is 2. The van der Waals surface area contributed by atoms with Gasteiger partial charge in [-0.2, -0.15) is 0 Å². The number of carbonyl (C=O) groups excluding carboxylic acids is 1. The molecule has 0 saturated heterocycles. The fourth-order valence-corrected chi connectivity index (χ4v) is 2.85. The largest absolute Gasteiger partial charge is 0.356 e. The van der Waals surface area contributed by atoms with Gasteiger partial charge < -0.3 is 20.5 Å². The van der Waals surface area contributed by atoms with Gasteiger partial charge in [0.1, 0.15) is 0 Å². The van der Waals surface area contributed by atoms with Gasteiger partial charge in [0.05, 0.1) is 6.33 Å². The minimum Gasteiger partial charge on any atom is -0.356 e. The lowest BCUT2D eigenvalue weighted by atomic mass is 9.90. The van der Waals surface area contributed by atoms with E-state index < -0.39 is 0 Å². The van der Waals surface area contributed by atoms with Crippen molar-refractivity contribution in [1.82, 2.24) is 20.2 Å². The van der Waals surface area contributed by atoms with Gasteiger partial charge in [-0.05, 0) is 11.6 Å². The van der Waals surface area contributed by atoms with E-state index in [-0.39, 0.29) is 11.8 Å². The van der Waals surface area contributed by atoms with Crippen LogP contribution >= 0.6 is 0 Å². The molecule has 3 N–H and O–H groups in total. The zero-order chi connectivity index (χ0) is 16.8. The van der Waals surface area contributed by atoms with Gasteiger partial charge in [0.25, 0.3) is 0 Å². The fraction of sp³-hybridized carbons (Fsp3) is 0.353. The van der Waals surface area contributed by atoms with E-state index >= 15 is 0 Å². The van der Waals surface area contributed by atoms with E-state index in [4.69, 9.17) is 0 Å². The maximum Gasteiger partial charge on any atom is 0.225 e. The van der Waals surface area contributed by atoms with Crippen molar-refractivity contribution in [1.29, 1.82) is 0 Å². The van der Waals surface area contributed by atoms with E-state index in [0.29, 0.717) is 13.0 Å². The average molecular weight is 326 g/mol. The molecular weight excluding hydrogens is 304 g/mol. The van der Waals surface area contributed by atoms with Gasteiger partial charge in [-0.25, -0.2) is 4.98 Å². The van der Waals surface area contributed by atoms with Crippen LogP contribution in [0.25, 0.3) is 0 Å². The van der Waals surface area contributed by atoms with Crippen LogP contribution in [-0.4, -0.2) is 41.6 Å². The third-order valence-electron chi connectivity index (χ3n) is 4.07. The number of aliphatic imine (C=N–C) groups is 1. The van der Waals surface area contributed by atoms with Crippen molar-refractivity contribution in [2.24, 2.45) is 4.99 Å². The Kier molecular flexibility index (Phi) is 5.10. The summed E-state index contributed by atoms with van der Waals surface area (Å²) in [6.07, 6.45) is 5.96. The minimum atomic E-state index is 0.0588. The Bertz CT molecular complexity index is 710. The van der Waals surface area contributed by atoms with Crippen LogP contribution in [0, 0.1) is 0 Å². The van der Waals surface area contributed by atoms with E-state index in [0.717, 1.165) is 24.7 Å². The number of anilines is 1. The van der Waals surface area contributed by atoms with Crippen molar-refractivity contribution >= 4 is 17.6 Å². The first-order valence-corrected chi connectivity index (χ1v) is 8.05. The summed E-state index contributed by atoms with van der Waals surface area (Å²) in [4.78, 5) is 20.1. The molecule has 0 fully saturated rings. The number of hydrogen-bond acceptors (Lipinski definition) is 3. The van der Waals surface area contributed by atoms with Crippen molar-refractivity contribution < 1.29 is 4.79 Å². The van der Waals surface area contributed by atoms with E-state index in [2.05, 4.69) is 32.0 Å². The van der Waals surface area contributed by atoms with E-state index in [1.807, 2.05) is 29.0 Å². The lowest BCUT2D eigenvalue weighted by Gasteiger charge is -2.26. The number of fused-ring (bicyclic) bond motifs is 1. The Hall–Kier alpha value is -2.83. The van der Waals surface area contributed by atoms with Gasteiger partial charge in [-0.1, -0.05) is 18.2 Å². The molecule has 0 spiro atoms. The number of imidazole rings is 1. The molecule has 24 heavy (non-hydrogen) atoms. The summed E-state index contributed by atoms with van der Waals surface area (Å²) < 4.78 is 2.00. The van der Waals surface area contributed by atoms with Gasteiger partial charge in [0, 0.05) is 57.1 Å². The van der Waals surface area contributed by atoms with Crippen molar-refractivity contribution in [2.75, 3.05) is 25.5 Å². The van der Waals surface area contributed by atoms with Gasteiger partial charge in [-0.3, -0.25) is 9.79 Å². The van der Waals surface area contributed by atoms with Crippen LogP contribution in [0.1, 0.15) is 17.9 Å². The summed E-state index contributed by atoms with van der Waals surface area (Å²) in [6, 6.07) is 7.95. The lowest BCUT2D eigenvalue weighted by Crippen LogP contribution is -2.41. The number of rotatable bonds is 5. The van der Waals surface area contributed by atoms with Crippen LogP contribution in [0.3, 0.4) is 0 Å². The number of hydrogen-bond donors (Lipinski definition) is 3. The molecule has 7 nitrogen and oxygen atoms in total. The molecule has 1 aromatic heterocycles. The smallest absolute Gasteiger partial charge is 0.225 e. The summed E-state index contributed by atoms with van der Waals surface area (Å²) in [7, 11) is 1.74. The first-order valence-electron chi connectivity index (χ1n) is 8.05. The van der Waals surface area contributed by atoms with E-state index in [9.17, 15) is 4.79 Å². The maximum absolute atomic E-state index is 11.9. The highest BCUT2D eigenvalue weighted by molar-refractivity contribution is 5.94. The molecule has 7 heteroatoms. The maximum atomic E-state index is 11.9. The predicted molar refractivity (Wildman–Crippen MR) is 94.0 cm³/mol. The second-order valence-corrected chi connectivity index (χ2v) is 5.72. The highest BCUT2D eigenvalue weighted by atomic mass is 16.1. The molecule has 2 heterocycles. The molecule has 0 aliphatic carbocycles. The van der Waals surface area contributed by atoms with Crippen LogP contribution in [0.4, 0.5) is 5.69 Å². The second-order valence-electron chi connectivity index (χ2n) is 5.72. The van der Waals surface area contributed by atoms with Crippen LogP contribution < -0.4 is 16.0 Å². The molecule has 126 valence electrons. The third-order valence-corrected chi connectivity index (χ3v) is 4.07. The molecular formula is C17H22N6O. The molecule has 1 atom stereocenters. The predicted octanol–water partition coefficient (Wildman–Crippen LogP) is 1.17. The molecule has 1 aliphatic rings. The highest BCUT2D eigenvalue weighted by Crippen LogP contribution is 2.31. The zero-order valence-electron chi connectivity index (χ0n) is 13.7. The standard InChI is InChI=1S/C17H22N6O/c1-18-17(20-7-9-23-8-6-19-12-23)21-11-13-10-16(24)22-15-5-3-2-4-14(13)15/h2-6,8,12-13H,7,9-11H2,1H3,(H,22,24)(H2,18,20,21). The SMILES string of the molecule is CN=C(NCCn1ccnc1)NCC1CC(=O)Nc2ccccc21. The minimum absolute atomic E-state index is 0.0588. The Labute approximate surface area is 141 Å². The van der Waals surface area contributed by atoms with E-state index in [1.54, 1.807) is 19.6 Å². The first kappa shape index (κ1) is 16.0. The molecule has 3 rings (SSSR count). The topological polar surface area (TPSA) is 83.3 Å². The number of nitrogens with zero attached hydrogens (tertiary/aromatic N) is 3. The van der Waals surface area contributed by atoms with Crippen LogP contribution in [0.5, 0.6) is 0 Å². The normalized spacial score (nSPS) is 17.1. The van der Waals surface area contributed by atoms with E-state index in [1.165, 1.54) is 5.56 Å². The van der Waals surface area contributed by atoms with Gasteiger partial charge in [-0.15, -0.1) is 0 Å². The monoisotopic (exact) mass is 326 g/mol. The average Bonchev–Trinajstić information content (AvgIpc) is 3.11. The van der Waals surface area contributed by atoms with Crippen molar-refractivity contribution in [3.8, 4) is 0 Å². The molecule has 0 saturated carbocycles. The molecule has 1 aromatic carbocycles. The Morgan fingerprint density at radius 3 is 3.08 bits per heavy atom. The number of guanidine groups is 1.